The quantitative estimate of drug-likeness (QED) is 0.943. The third kappa shape index (κ3) is 3.09. The smallest absolute Gasteiger partial charge is 0.272 e. The van der Waals surface area contributed by atoms with Gasteiger partial charge in [-0.25, -0.2) is 0 Å². The molecule has 1 aliphatic heterocycles. The Hall–Kier alpha value is -2.30. The molecule has 1 saturated heterocycles. The summed E-state index contributed by atoms with van der Waals surface area (Å²) >= 11 is 0. The number of likely N-dealkylation sites (tertiary alicyclic amines) is 1. The fourth-order valence-electron chi connectivity index (χ4n) is 3.30. The summed E-state index contributed by atoms with van der Waals surface area (Å²) in [6.07, 6.45) is 3.32. The van der Waals surface area contributed by atoms with E-state index in [9.17, 15) is 4.79 Å². The highest BCUT2D eigenvalue weighted by molar-refractivity contribution is 5.93. The molecule has 1 aliphatic rings. The molecular formula is C18H23N3O2. The summed E-state index contributed by atoms with van der Waals surface area (Å²) in [7, 11) is 1.64. The number of nitrogens with zero attached hydrogens (tertiary/aromatic N) is 2. The number of amides is 1. The highest BCUT2D eigenvalue weighted by Crippen LogP contribution is 2.26. The van der Waals surface area contributed by atoms with Crippen molar-refractivity contribution in [1.82, 2.24) is 15.1 Å². The topological polar surface area (TPSA) is 58.2 Å². The summed E-state index contributed by atoms with van der Waals surface area (Å²) in [6, 6.07) is 10.0. The second kappa shape index (κ2) is 6.44. The summed E-state index contributed by atoms with van der Waals surface area (Å²) in [5, 5.41) is 7.19. The summed E-state index contributed by atoms with van der Waals surface area (Å²) in [5.74, 6) is 0.841. The van der Waals surface area contributed by atoms with Crippen molar-refractivity contribution in [2.45, 2.75) is 45.2 Å². The van der Waals surface area contributed by atoms with Gasteiger partial charge in [-0.1, -0.05) is 0 Å². The maximum atomic E-state index is 12.8. The van der Waals surface area contributed by atoms with Crippen molar-refractivity contribution in [2.24, 2.45) is 0 Å². The molecule has 5 nitrogen and oxygen atoms in total. The van der Waals surface area contributed by atoms with Crippen LogP contribution >= 0.6 is 0 Å². The van der Waals surface area contributed by atoms with Crippen LogP contribution in [-0.4, -0.2) is 40.2 Å². The van der Waals surface area contributed by atoms with Crippen LogP contribution in [-0.2, 0) is 0 Å². The molecule has 23 heavy (non-hydrogen) atoms. The zero-order valence-electron chi connectivity index (χ0n) is 13.9. The Morgan fingerprint density at radius 3 is 2.48 bits per heavy atom. The first kappa shape index (κ1) is 15.6. The first-order valence-corrected chi connectivity index (χ1v) is 8.12. The maximum Gasteiger partial charge on any atom is 0.272 e. The van der Waals surface area contributed by atoms with Crippen LogP contribution in [0, 0.1) is 0 Å². The van der Waals surface area contributed by atoms with E-state index in [4.69, 9.17) is 4.74 Å². The molecule has 0 bridgehead atoms. The number of H-pyrrole nitrogens is 1. The molecule has 2 atom stereocenters. The van der Waals surface area contributed by atoms with Gasteiger partial charge in [0.2, 0.25) is 0 Å². The van der Waals surface area contributed by atoms with E-state index in [1.54, 1.807) is 7.11 Å². The standard InChI is InChI=1S/C18H23N3O2/c1-12-5-4-6-13(2)21(12)18(22)17-11-16(19-20-17)14-7-9-15(23-3)10-8-14/h7-13H,4-6H2,1-3H3,(H,19,20). The van der Waals surface area contributed by atoms with Gasteiger partial charge in [0.25, 0.3) is 5.91 Å². The average Bonchev–Trinajstić information content (AvgIpc) is 3.04. The molecule has 0 saturated carbocycles. The highest BCUT2D eigenvalue weighted by Gasteiger charge is 2.30. The number of carbonyl (C=O) groups excluding carboxylic acids is 1. The number of nitrogens with one attached hydrogen (secondary N) is 1. The van der Waals surface area contributed by atoms with E-state index in [0.717, 1.165) is 29.8 Å². The average molecular weight is 313 g/mol. The summed E-state index contributed by atoms with van der Waals surface area (Å²) in [5.41, 5.74) is 2.28. The molecule has 1 aromatic heterocycles. The van der Waals surface area contributed by atoms with Crippen LogP contribution in [0.1, 0.15) is 43.6 Å². The predicted molar refractivity (Wildman–Crippen MR) is 89.5 cm³/mol. The normalized spacial score (nSPS) is 21.3. The molecule has 2 unspecified atom stereocenters. The lowest BCUT2D eigenvalue weighted by molar-refractivity contribution is 0.0504. The Bertz CT molecular complexity index is 668. The molecule has 3 rings (SSSR count). The van der Waals surface area contributed by atoms with Crippen molar-refractivity contribution >= 4 is 5.91 Å². The molecule has 122 valence electrons. The van der Waals surface area contributed by atoms with Crippen molar-refractivity contribution in [2.75, 3.05) is 7.11 Å². The molecule has 0 aliphatic carbocycles. The van der Waals surface area contributed by atoms with Gasteiger partial charge in [0.05, 0.1) is 12.8 Å². The van der Waals surface area contributed by atoms with Gasteiger partial charge in [-0.15, -0.1) is 0 Å². The maximum absolute atomic E-state index is 12.8. The summed E-state index contributed by atoms with van der Waals surface area (Å²) in [4.78, 5) is 14.8. The lowest BCUT2D eigenvalue weighted by Crippen LogP contribution is -2.47. The second-order valence-corrected chi connectivity index (χ2v) is 6.24. The van der Waals surface area contributed by atoms with Crippen molar-refractivity contribution in [3.8, 4) is 17.0 Å². The van der Waals surface area contributed by atoms with E-state index in [2.05, 4.69) is 24.0 Å². The molecule has 0 radical (unpaired) electrons. The predicted octanol–water partition coefficient (Wildman–Crippen LogP) is 3.49. The van der Waals surface area contributed by atoms with Gasteiger partial charge in [-0.3, -0.25) is 9.89 Å². The van der Waals surface area contributed by atoms with Crippen LogP contribution in [0.15, 0.2) is 30.3 Å². The Balaban J connectivity index is 1.81. The van der Waals surface area contributed by atoms with Gasteiger partial charge in [-0.05, 0) is 63.4 Å². The third-order valence-corrected chi connectivity index (χ3v) is 4.62. The van der Waals surface area contributed by atoms with Crippen molar-refractivity contribution in [3.63, 3.8) is 0 Å². The van der Waals surface area contributed by atoms with Gasteiger partial charge >= 0.3 is 0 Å². The minimum Gasteiger partial charge on any atom is -0.497 e. The van der Waals surface area contributed by atoms with E-state index in [1.165, 1.54) is 6.42 Å². The minimum absolute atomic E-state index is 0.0389. The molecule has 2 heterocycles. The monoisotopic (exact) mass is 313 g/mol. The van der Waals surface area contributed by atoms with Gasteiger partial charge in [0.15, 0.2) is 0 Å². The Labute approximate surface area is 136 Å². The molecule has 1 fully saturated rings. The van der Waals surface area contributed by atoms with Gasteiger partial charge in [0.1, 0.15) is 11.4 Å². The van der Waals surface area contributed by atoms with Crippen molar-refractivity contribution in [1.29, 1.82) is 0 Å². The number of benzene rings is 1. The van der Waals surface area contributed by atoms with Gasteiger partial charge in [0, 0.05) is 17.6 Å². The second-order valence-electron chi connectivity index (χ2n) is 6.24. The van der Waals surface area contributed by atoms with Gasteiger partial charge in [-0.2, -0.15) is 5.10 Å². The lowest BCUT2D eigenvalue weighted by Gasteiger charge is -2.38. The number of piperidine rings is 1. The van der Waals surface area contributed by atoms with Gasteiger partial charge < -0.3 is 9.64 Å². The number of methoxy groups -OCH3 is 1. The van der Waals surface area contributed by atoms with E-state index in [-0.39, 0.29) is 18.0 Å². The molecule has 5 heteroatoms. The molecule has 1 aromatic carbocycles. The zero-order chi connectivity index (χ0) is 16.4. The van der Waals surface area contributed by atoms with Crippen LogP contribution < -0.4 is 4.74 Å². The van der Waals surface area contributed by atoms with E-state index in [1.807, 2.05) is 35.2 Å². The fourth-order valence-corrected chi connectivity index (χ4v) is 3.30. The van der Waals surface area contributed by atoms with Crippen LogP contribution in [0.4, 0.5) is 0 Å². The SMILES string of the molecule is COc1ccc(-c2cc(C(=O)N3C(C)CCCC3C)[nH]n2)cc1. The van der Waals surface area contributed by atoms with Crippen LogP contribution in [0.3, 0.4) is 0 Å². The highest BCUT2D eigenvalue weighted by atomic mass is 16.5. The number of aromatic amines is 1. The molecule has 2 aromatic rings. The third-order valence-electron chi connectivity index (χ3n) is 4.62. The lowest BCUT2D eigenvalue weighted by atomic mass is 9.97. The number of hydrogen-bond donors (Lipinski definition) is 1. The van der Waals surface area contributed by atoms with Crippen molar-refractivity contribution < 1.29 is 9.53 Å². The van der Waals surface area contributed by atoms with E-state index in [0.29, 0.717) is 5.69 Å². The largest absolute Gasteiger partial charge is 0.497 e. The van der Waals surface area contributed by atoms with Crippen molar-refractivity contribution in [3.05, 3.63) is 36.0 Å². The minimum atomic E-state index is 0.0389. The van der Waals surface area contributed by atoms with Crippen LogP contribution in [0.25, 0.3) is 11.3 Å². The molecule has 1 amide bonds. The number of aromatic nitrogens is 2. The van der Waals surface area contributed by atoms with E-state index >= 15 is 0 Å². The van der Waals surface area contributed by atoms with Crippen LogP contribution in [0.2, 0.25) is 0 Å². The first-order chi connectivity index (χ1) is 11.1. The number of ether oxygens (including phenoxy) is 1. The number of hydrogen-bond acceptors (Lipinski definition) is 3. The fraction of sp³-hybridized carbons (Fsp3) is 0.444. The number of rotatable bonds is 3. The Morgan fingerprint density at radius 2 is 1.87 bits per heavy atom. The van der Waals surface area contributed by atoms with E-state index < -0.39 is 0 Å². The molecule has 1 N–H and O–H groups in total. The molecule has 0 spiro atoms. The Morgan fingerprint density at radius 1 is 1.22 bits per heavy atom. The number of carbonyl (C=O) groups is 1. The first-order valence-electron chi connectivity index (χ1n) is 8.12. The summed E-state index contributed by atoms with van der Waals surface area (Å²) < 4.78 is 5.16. The zero-order valence-corrected chi connectivity index (χ0v) is 13.9. The molecular weight excluding hydrogens is 290 g/mol. The Kier molecular flexibility index (Phi) is 4.37. The summed E-state index contributed by atoms with van der Waals surface area (Å²) in [6.45, 7) is 4.24. The van der Waals surface area contributed by atoms with Crippen LogP contribution in [0.5, 0.6) is 5.75 Å².